The number of carboxylic acid groups (broad SMARTS) is 1. The summed E-state index contributed by atoms with van der Waals surface area (Å²) in [7, 11) is 0. The molecule has 2 amide bonds. The van der Waals surface area contributed by atoms with E-state index in [9.17, 15) is 19.2 Å². The molecular formula is C26H24N2O6S. The second-order valence-electron chi connectivity index (χ2n) is 8.03. The minimum atomic E-state index is -1.21. The number of thioether (sulfide) groups is 1. The Labute approximate surface area is 206 Å². The molecule has 1 unspecified atom stereocenters. The molecule has 2 N–H and O–H groups in total. The molecule has 3 aromatic rings. The van der Waals surface area contributed by atoms with E-state index in [2.05, 4.69) is 5.32 Å². The van der Waals surface area contributed by atoms with E-state index in [4.69, 9.17) is 9.84 Å². The van der Waals surface area contributed by atoms with Crippen molar-refractivity contribution < 1.29 is 29.0 Å². The topological polar surface area (TPSA) is 113 Å². The lowest BCUT2D eigenvalue weighted by atomic mass is 10.1. The number of carboxylic acids is 1. The zero-order valence-corrected chi connectivity index (χ0v) is 19.5. The molecule has 0 spiro atoms. The molecule has 35 heavy (non-hydrogen) atoms. The van der Waals surface area contributed by atoms with Gasteiger partial charge in [-0.15, -0.1) is 11.8 Å². The van der Waals surface area contributed by atoms with Crippen LogP contribution in [-0.4, -0.2) is 58.5 Å². The van der Waals surface area contributed by atoms with Crippen molar-refractivity contribution in [1.29, 1.82) is 0 Å². The predicted octanol–water partition coefficient (Wildman–Crippen LogP) is 3.02. The SMILES string of the molecule is O=C[C@H](CC(=O)O)NC(=O)[C@@H]1CSC(c2ccccc2)N1C(=O)COc1cccc2ccccc12. The summed E-state index contributed by atoms with van der Waals surface area (Å²) in [5.41, 5.74) is 0.851. The number of amides is 2. The molecule has 1 fully saturated rings. The summed E-state index contributed by atoms with van der Waals surface area (Å²) in [6, 6.07) is 20.5. The number of ether oxygens (including phenoxy) is 1. The van der Waals surface area contributed by atoms with Gasteiger partial charge in [0.15, 0.2) is 6.61 Å². The van der Waals surface area contributed by atoms with Crippen LogP contribution in [0.3, 0.4) is 0 Å². The Morgan fingerprint density at radius 2 is 1.77 bits per heavy atom. The maximum atomic E-state index is 13.4. The van der Waals surface area contributed by atoms with Gasteiger partial charge in [-0.25, -0.2) is 0 Å². The van der Waals surface area contributed by atoms with Gasteiger partial charge in [-0.1, -0.05) is 66.7 Å². The molecule has 180 valence electrons. The van der Waals surface area contributed by atoms with E-state index in [0.717, 1.165) is 16.3 Å². The lowest BCUT2D eigenvalue weighted by Gasteiger charge is -2.29. The Bertz CT molecular complexity index is 1230. The van der Waals surface area contributed by atoms with Crippen molar-refractivity contribution in [3.05, 3.63) is 78.4 Å². The van der Waals surface area contributed by atoms with Crippen molar-refractivity contribution in [2.45, 2.75) is 23.9 Å². The standard InChI is InChI=1S/C26H24N2O6S/c29-14-19(13-24(31)32)27-25(33)21-16-35-26(18-8-2-1-3-9-18)28(21)23(30)15-34-22-12-6-10-17-7-4-5-11-20(17)22/h1-12,14,19,21,26H,13,15-16H2,(H,27,33)(H,31,32)/t19-,21-,26?/m0/s1. The third kappa shape index (κ3) is 5.63. The molecular weight excluding hydrogens is 468 g/mol. The molecule has 3 aromatic carbocycles. The number of aldehydes is 1. The summed E-state index contributed by atoms with van der Waals surface area (Å²) in [4.78, 5) is 50.2. The first-order valence-electron chi connectivity index (χ1n) is 11.0. The molecule has 1 saturated heterocycles. The largest absolute Gasteiger partial charge is 0.483 e. The number of fused-ring (bicyclic) bond motifs is 1. The van der Waals surface area contributed by atoms with Gasteiger partial charge in [-0.05, 0) is 17.0 Å². The fourth-order valence-electron chi connectivity index (χ4n) is 4.02. The van der Waals surface area contributed by atoms with Gasteiger partial charge in [0.2, 0.25) is 5.91 Å². The Morgan fingerprint density at radius 3 is 2.51 bits per heavy atom. The Hall–Kier alpha value is -3.85. The predicted molar refractivity (Wildman–Crippen MR) is 132 cm³/mol. The molecule has 0 aliphatic carbocycles. The molecule has 0 bridgehead atoms. The molecule has 0 radical (unpaired) electrons. The average molecular weight is 493 g/mol. The number of aliphatic carboxylic acids is 1. The highest BCUT2D eigenvalue weighted by molar-refractivity contribution is 7.99. The van der Waals surface area contributed by atoms with Crippen molar-refractivity contribution in [3.8, 4) is 5.75 Å². The number of hydrogen-bond acceptors (Lipinski definition) is 6. The maximum absolute atomic E-state index is 13.4. The number of benzene rings is 3. The third-order valence-corrected chi connectivity index (χ3v) is 6.99. The van der Waals surface area contributed by atoms with Crippen LogP contribution in [-0.2, 0) is 19.2 Å². The van der Waals surface area contributed by atoms with Crippen LogP contribution in [0.15, 0.2) is 72.8 Å². The highest BCUT2D eigenvalue weighted by Gasteiger charge is 2.42. The fraction of sp³-hybridized carbons (Fsp3) is 0.231. The molecule has 0 saturated carbocycles. The van der Waals surface area contributed by atoms with Crippen LogP contribution in [0, 0.1) is 0 Å². The van der Waals surface area contributed by atoms with E-state index in [1.165, 1.54) is 16.7 Å². The fourth-order valence-corrected chi connectivity index (χ4v) is 5.47. The third-order valence-electron chi connectivity index (χ3n) is 5.66. The van der Waals surface area contributed by atoms with Crippen LogP contribution >= 0.6 is 11.8 Å². The number of nitrogens with zero attached hydrogens (tertiary/aromatic N) is 1. The molecule has 3 atom stereocenters. The summed E-state index contributed by atoms with van der Waals surface area (Å²) in [6.45, 7) is -0.284. The number of nitrogens with one attached hydrogen (secondary N) is 1. The van der Waals surface area contributed by atoms with Crippen molar-refractivity contribution in [2.75, 3.05) is 12.4 Å². The highest BCUT2D eigenvalue weighted by atomic mass is 32.2. The van der Waals surface area contributed by atoms with E-state index < -0.39 is 41.7 Å². The summed E-state index contributed by atoms with van der Waals surface area (Å²) in [6.07, 6.45) is -0.145. The molecule has 1 aliphatic heterocycles. The van der Waals surface area contributed by atoms with Crippen molar-refractivity contribution in [2.24, 2.45) is 0 Å². The summed E-state index contributed by atoms with van der Waals surface area (Å²) in [5, 5.41) is 12.9. The number of rotatable bonds is 9. The molecule has 0 aromatic heterocycles. The average Bonchev–Trinajstić information content (AvgIpc) is 3.32. The van der Waals surface area contributed by atoms with Gasteiger partial charge in [0, 0.05) is 11.1 Å². The monoisotopic (exact) mass is 492 g/mol. The smallest absolute Gasteiger partial charge is 0.305 e. The minimum Gasteiger partial charge on any atom is -0.483 e. The first kappa shape index (κ1) is 24.3. The van der Waals surface area contributed by atoms with Crippen molar-refractivity contribution >= 4 is 46.6 Å². The van der Waals surface area contributed by atoms with Gasteiger partial charge >= 0.3 is 5.97 Å². The van der Waals surface area contributed by atoms with Gasteiger partial charge in [-0.3, -0.25) is 14.4 Å². The molecule has 9 heteroatoms. The lowest BCUT2D eigenvalue weighted by Crippen LogP contribution is -2.52. The maximum Gasteiger partial charge on any atom is 0.305 e. The first-order valence-corrected chi connectivity index (χ1v) is 12.1. The molecule has 4 rings (SSSR count). The quantitative estimate of drug-likeness (QED) is 0.442. The summed E-state index contributed by atoms with van der Waals surface area (Å²) in [5.74, 6) is -1.32. The molecule has 1 aliphatic rings. The number of carbonyl (C=O) groups is 4. The normalized spacial score (nSPS) is 18.1. The van der Waals surface area contributed by atoms with Gasteiger partial charge < -0.3 is 24.9 Å². The van der Waals surface area contributed by atoms with E-state index in [0.29, 0.717) is 17.8 Å². The van der Waals surface area contributed by atoms with Crippen LogP contribution in [0.25, 0.3) is 10.8 Å². The summed E-state index contributed by atoms with van der Waals surface area (Å²) < 4.78 is 5.89. The van der Waals surface area contributed by atoms with Gasteiger partial charge in [0.1, 0.15) is 23.5 Å². The van der Waals surface area contributed by atoms with Gasteiger partial charge in [-0.2, -0.15) is 0 Å². The highest BCUT2D eigenvalue weighted by Crippen LogP contribution is 2.41. The second kappa shape index (κ2) is 11.1. The molecule has 8 nitrogen and oxygen atoms in total. The zero-order valence-electron chi connectivity index (χ0n) is 18.7. The minimum absolute atomic E-state index is 0.284. The number of carbonyl (C=O) groups excluding carboxylic acids is 3. The Kier molecular flexibility index (Phi) is 7.67. The lowest BCUT2D eigenvalue weighted by molar-refractivity contribution is -0.143. The first-order chi connectivity index (χ1) is 17.0. The van der Waals surface area contributed by atoms with Gasteiger partial charge in [0.25, 0.3) is 5.91 Å². The van der Waals surface area contributed by atoms with Crippen LogP contribution in [0.1, 0.15) is 17.4 Å². The molecule has 1 heterocycles. The van der Waals surface area contributed by atoms with Crippen LogP contribution in [0.4, 0.5) is 0 Å². The van der Waals surface area contributed by atoms with Crippen LogP contribution < -0.4 is 10.1 Å². The Balaban J connectivity index is 1.55. The van der Waals surface area contributed by atoms with Crippen molar-refractivity contribution in [3.63, 3.8) is 0 Å². The van der Waals surface area contributed by atoms with Gasteiger partial charge in [0.05, 0.1) is 12.5 Å². The van der Waals surface area contributed by atoms with Crippen LogP contribution in [0.2, 0.25) is 0 Å². The van der Waals surface area contributed by atoms with E-state index in [1.54, 1.807) is 6.07 Å². The summed E-state index contributed by atoms with van der Waals surface area (Å²) >= 11 is 1.43. The van der Waals surface area contributed by atoms with Crippen molar-refractivity contribution in [1.82, 2.24) is 10.2 Å². The van der Waals surface area contributed by atoms with E-state index in [-0.39, 0.29) is 6.61 Å². The number of hydrogen-bond donors (Lipinski definition) is 2. The van der Waals surface area contributed by atoms with E-state index >= 15 is 0 Å². The zero-order chi connectivity index (χ0) is 24.8. The second-order valence-corrected chi connectivity index (χ2v) is 9.14. The van der Waals surface area contributed by atoms with Crippen LogP contribution in [0.5, 0.6) is 5.75 Å². The van der Waals surface area contributed by atoms with E-state index in [1.807, 2.05) is 66.7 Å². The Morgan fingerprint density at radius 1 is 1.06 bits per heavy atom.